The van der Waals surface area contributed by atoms with E-state index in [0.717, 1.165) is 87.9 Å². The molecule has 2 heterocycles. The van der Waals surface area contributed by atoms with E-state index in [-0.39, 0.29) is 0 Å². The molecule has 0 amide bonds. The summed E-state index contributed by atoms with van der Waals surface area (Å²) in [5, 5.41) is 23.4. The number of benzene rings is 18. The van der Waals surface area contributed by atoms with Crippen LogP contribution in [0.1, 0.15) is 0 Å². The standard InChI is InChI=1S/C92H54O2/c1-3-24-57-50-60(46-44-55(57)22-1)59-27-21-28-63(52-59)83-66-30-7-12-35-71(66)87(72-36-13-8-31-67(72)83)90-75-39-16-9-32-68(75)84(92-91(90)78-41-18-20-43-81(78)94-92)64-48-49-76(79(53-64)62-47-45-56-23-2-4-25-58(56)51-62)85-69-33-10-14-37-73(69)86(74-38-15-11-34-70(74)85)89-65-29-6-5-26-61(65)54-82-88(89)77-40-17-19-42-80(77)93-82/h1-54H. The van der Waals surface area contributed by atoms with E-state index in [4.69, 9.17) is 8.83 Å². The number of fused-ring (bicyclic) bond motifs is 14. The van der Waals surface area contributed by atoms with Crippen LogP contribution in [0.25, 0.3) is 208 Å². The lowest BCUT2D eigenvalue weighted by atomic mass is 9.80. The van der Waals surface area contributed by atoms with Crippen LogP contribution < -0.4 is 0 Å². The lowest BCUT2D eigenvalue weighted by Gasteiger charge is -2.22. The minimum atomic E-state index is 0.849. The van der Waals surface area contributed by atoms with E-state index in [9.17, 15) is 0 Å². The Balaban J connectivity index is 0.854. The van der Waals surface area contributed by atoms with Crippen molar-refractivity contribution in [3.8, 4) is 77.9 Å². The summed E-state index contributed by atoms with van der Waals surface area (Å²) in [5.74, 6) is 0. The van der Waals surface area contributed by atoms with Gasteiger partial charge in [0.15, 0.2) is 0 Å². The van der Waals surface area contributed by atoms with Gasteiger partial charge in [0.05, 0.1) is 0 Å². The lowest BCUT2D eigenvalue weighted by molar-refractivity contribution is 0.669. The van der Waals surface area contributed by atoms with Gasteiger partial charge in [-0.25, -0.2) is 0 Å². The molecule has 0 N–H and O–H groups in total. The van der Waals surface area contributed by atoms with Crippen molar-refractivity contribution in [2.75, 3.05) is 0 Å². The van der Waals surface area contributed by atoms with E-state index in [1.54, 1.807) is 0 Å². The quantitative estimate of drug-likeness (QED) is 0.149. The smallest absolute Gasteiger partial charge is 0.144 e. The molecule has 0 atom stereocenters. The van der Waals surface area contributed by atoms with Crippen LogP contribution in [0.3, 0.4) is 0 Å². The van der Waals surface area contributed by atoms with Crippen molar-refractivity contribution in [1.82, 2.24) is 0 Å². The van der Waals surface area contributed by atoms with Crippen LogP contribution in [0.2, 0.25) is 0 Å². The summed E-state index contributed by atoms with van der Waals surface area (Å²) >= 11 is 0. The Kier molecular flexibility index (Phi) is 11.5. The maximum absolute atomic E-state index is 7.47. The van der Waals surface area contributed by atoms with E-state index in [1.807, 2.05) is 0 Å². The molecule has 2 aromatic heterocycles. The molecule has 94 heavy (non-hydrogen) atoms. The molecule has 0 fully saturated rings. The Morgan fingerprint density at radius 1 is 0.160 bits per heavy atom. The van der Waals surface area contributed by atoms with Crippen LogP contribution in [-0.4, -0.2) is 0 Å². The third-order valence-corrected chi connectivity index (χ3v) is 20.2. The van der Waals surface area contributed by atoms with Crippen molar-refractivity contribution in [2.45, 2.75) is 0 Å². The average molecular weight is 1190 g/mol. The maximum Gasteiger partial charge on any atom is 0.144 e. The Bertz CT molecular complexity index is 6500. The second-order valence-electron chi connectivity index (χ2n) is 25.2. The van der Waals surface area contributed by atoms with Crippen molar-refractivity contribution >= 4 is 130 Å². The van der Waals surface area contributed by atoms with Crippen LogP contribution in [0, 0.1) is 0 Å². The van der Waals surface area contributed by atoms with E-state index in [0.29, 0.717) is 0 Å². The van der Waals surface area contributed by atoms with Gasteiger partial charge in [-0.2, -0.15) is 0 Å². The molecule has 0 bridgehead atoms. The van der Waals surface area contributed by atoms with Crippen molar-refractivity contribution in [3.05, 3.63) is 328 Å². The number of hydrogen-bond donors (Lipinski definition) is 0. The van der Waals surface area contributed by atoms with Gasteiger partial charge >= 0.3 is 0 Å². The SMILES string of the molecule is c1cc(-c2ccc3ccccc3c2)cc(-c2c3ccccc3c(-c3c4ccccc4c(-c4ccc(-c5c6ccccc6c(-c6c7ccccc7cc7oc8ccccc8c67)c6ccccc56)c(-c5ccc6ccccc6c5)c4)c4oc5ccccc5c34)c3ccccc23)c1. The Hall–Kier alpha value is -12.4. The van der Waals surface area contributed by atoms with Gasteiger partial charge in [-0.15, -0.1) is 0 Å². The molecule has 0 aliphatic heterocycles. The van der Waals surface area contributed by atoms with Crippen LogP contribution >= 0.6 is 0 Å². The zero-order chi connectivity index (χ0) is 61.5. The zero-order valence-corrected chi connectivity index (χ0v) is 51.0. The zero-order valence-electron chi connectivity index (χ0n) is 51.0. The first-order valence-corrected chi connectivity index (χ1v) is 32.5. The number of para-hydroxylation sites is 2. The molecule has 0 saturated carbocycles. The summed E-state index contributed by atoms with van der Waals surface area (Å²) < 4.78 is 14.2. The summed E-state index contributed by atoms with van der Waals surface area (Å²) in [6.45, 7) is 0. The normalized spacial score (nSPS) is 12.0. The van der Waals surface area contributed by atoms with Gasteiger partial charge in [-0.1, -0.05) is 285 Å². The average Bonchev–Trinajstić information content (AvgIpc) is 1.18. The number of furan rings is 2. The number of rotatable bonds is 7. The van der Waals surface area contributed by atoms with E-state index in [2.05, 4.69) is 328 Å². The van der Waals surface area contributed by atoms with Gasteiger partial charge in [-0.3, -0.25) is 0 Å². The van der Waals surface area contributed by atoms with Crippen LogP contribution in [0.15, 0.2) is 336 Å². The molecule has 18 aromatic carbocycles. The summed E-state index contributed by atoms with van der Waals surface area (Å²) in [4.78, 5) is 0. The summed E-state index contributed by atoms with van der Waals surface area (Å²) in [6.07, 6.45) is 0. The van der Waals surface area contributed by atoms with Gasteiger partial charge in [0.1, 0.15) is 22.3 Å². The largest absolute Gasteiger partial charge is 0.456 e. The summed E-state index contributed by atoms with van der Waals surface area (Å²) in [7, 11) is 0. The minimum Gasteiger partial charge on any atom is -0.456 e. The first-order chi connectivity index (χ1) is 46.6. The fourth-order valence-corrected chi connectivity index (χ4v) is 16.1. The highest BCUT2D eigenvalue weighted by atomic mass is 16.3. The van der Waals surface area contributed by atoms with Gasteiger partial charge in [0.2, 0.25) is 0 Å². The molecule has 434 valence electrons. The molecule has 0 aliphatic rings. The highest BCUT2D eigenvalue weighted by Crippen LogP contribution is 2.55. The molecule has 0 spiro atoms. The molecule has 0 radical (unpaired) electrons. The Labute approximate surface area is 541 Å². The molecule has 0 aliphatic carbocycles. The van der Waals surface area contributed by atoms with Crippen molar-refractivity contribution in [3.63, 3.8) is 0 Å². The molecule has 0 saturated heterocycles. The Morgan fingerprint density at radius 3 is 1.13 bits per heavy atom. The molecule has 0 unspecified atom stereocenters. The summed E-state index contributed by atoms with van der Waals surface area (Å²) in [5.41, 5.74) is 19.8. The van der Waals surface area contributed by atoms with Crippen molar-refractivity contribution in [1.29, 1.82) is 0 Å². The maximum atomic E-state index is 7.47. The second-order valence-corrected chi connectivity index (χ2v) is 25.2. The predicted molar refractivity (Wildman–Crippen MR) is 399 cm³/mol. The highest BCUT2D eigenvalue weighted by molar-refractivity contribution is 6.34. The fraction of sp³-hybridized carbons (Fsp3) is 0. The molecular weight excluding hydrogens is 1140 g/mol. The predicted octanol–water partition coefficient (Wildman–Crippen LogP) is 26.4. The molecule has 2 heteroatoms. The third-order valence-electron chi connectivity index (χ3n) is 20.2. The van der Waals surface area contributed by atoms with Crippen LogP contribution in [-0.2, 0) is 0 Å². The first kappa shape index (κ1) is 52.4. The Morgan fingerprint density at radius 2 is 0.543 bits per heavy atom. The first-order valence-electron chi connectivity index (χ1n) is 32.5. The van der Waals surface area contributed by atoms with E-state index < -0.39 is 0 Å². The molecule has 2 nitrogen and oxygen atoms in total. The third kappa shape index (κ3) is 7.84. The topological polar surface area (TPSA) is 26.3 Å². The van der Waals surface area contributed by atoms with Crippen LogP contribution in [0.5, 0.6) is 0 Å². The fourth-order valence-electron chi connectivity index (χ4n) is 16.1. The second kappa shape index (κ2) is 20.6. The van der Waals surface area contributed by atoms with Gasteiger partial charge in [0, 0.05) is 38.2 Å². The van der Waals surface area contributed by atoms with Crippen molar-refractivity contribution in [2.24, 2.45) is 0 Å². The van der Waals surface area contributed by atoms with Crippen LogP contribution in [0.4, 0.5) is 0 Å². The minimum absolute atomic E-state index is 0.849. The lowest BCUT2D eigenvalue weighted by Crippen LogP contribution is -1.96. The summed E-state index contributed by atoms with van der Waals surface area (Å²) in [6, 6.07) is 121. The molecule has 20 rings (SSSR count). The van der Waals surface area contributed by atoms with Gasteiger partial charge < -0.3 is 8.83 Å². The molecule has 20 aromatic rings. The van der Waals surface area contributed by atoms with Crippen molar-refractivity contribution < 1.29 is 8.83 Å². The number of hydrogen-bond acceptors (Lipinski definition) is 2. The monoisotopic (exact) mass is 1190 g/mol. The highest BCUT2D eigenvalue weighted by Gasteiger charge is 2.29. The molecular formula is C92H54O2. The van der Waals surface area contributed by atoms with Gasteiger partial charge in [0.25, 0.3) is 0 Å². The van der Waals surface area contributed by atoms with E-state index in [1.165, 1.54) is 120 Å². The van der Waals surface area contributed by atoms with E-state index >= 15 is 0 Å². The van der Waals surface area contributed by atoms with Gasteiger partial charge in [-0.05, 0) is 190 Å².